The molecule has 0 amide bonds. The fourth-order valence-electron chi connectivity index (χ4n) is 1.61. The highest BCUT2D eigenvalue weighted by molar-refractivity contribution is 5.23. The van der Waals surface area contributed by atoms with E-state index >= 15 is 0 Å². The van der Waals surface area contributed by atoms with Gasteiger partial charge in [0.2, 0.25) is 0 Å². The molecule has 0 aliphatic heterocycles. The van der Waals surface area contributed by atoms with Crippen molar-refractivity contribution < 1.29 is 9.50 Å². The second-order valence-electron chi connectivity index (χ2n) is 3.31. The molecule has 1 fully saturated rings. The Labute approximate surface area is 70.8 Å². The SMILES string of the molecule is OC1CCC1c1cccc(F)c1. The minimum atomic E-state index is -0.258. The lowest BCUT2D eigenvalue weighted by atomic mass is 9.77. The van der Waals surface area contributed by atoms with Crippen molar-refractivity contribution in [1.82, 2.24) is 0 Å². The molecule has 1 aliphatic carbocycles. The van der Waals surface area contributed by atoms with Gasteiger partial charge in [0.15, 0.2) is 0 Å². The van der Waals surface area contributed by atoms with Crippen molar-refractivity contribution in [3.63, 3.8) is 0 Å². The van der Waals surface area contributed by atoms with Crippen LogP contribution < -0.4 is 0 Å². The molecule has 2 heteroatoms. The first-order chi connectivity index (χ1) is 5.77. The Balaban J connectivity index is 2.22. The molecule has 0 aromatic heterocycles. The van der Waals surface area contributed by atoms with Crippen LogP contribution in [0.15, 0.2) is 24.3 Å². The van der Waals surface area contributed by atoms with Gasteiger partial charge in [-0.3, -0.25) is 0 Å². The second-order valence-corrected chi connectivity index (χ2v) is 3.31. The summed E-state index contributed by atoms with van der Waals surface area (Å²) in [5.41, 5.74) is 0.925. The lowest BCUT2D eigenvalue weighted by Gasteiger charge is -2.32. The molecule has 1 aromatic rings. The molecule has 2 atom stereocenters. The van der Waals surface area contributed by atoms with Crippen molar-refractivity contribution in [2.24, 2.45) is 0 Å². The van der Waals surface area contributed by atoms with Crippen molar-refractivity contribution in [1.29, 1.82) is 0 Å². The lowest BCUT2D eigenvalue weighted by molar-refractivity contribution is 0.0660. The number of hydrogen-bond donors (Lipinski definition) is 1. The quantitative estimate of drug-likeness (QED) is 0.677. The van der Waals surface area contributed by atoms with Crippen LogP contribution in [0, 0.1) is 5.82 Å². The molecule has 64 valence electrons. The molecule has 1 nitrogen and oxygen atoms in total. The van der Waals surface area contributed by atoms with Gasteiger partial charge in [-0.15, -0.1) is 0 Å². The third-order valence-corrected chi connectivity index (χ3v) is 2.51. The van der Waals surface area contributed by atoms with E-state index in [0.717, 1.165) is 18.4 Å². The zero-order valence-corrected chi connectivity index (χ0v) is 6.70. The Kier molecular flexibility index (Phi) is 1.85. The largest absolute Gasteiger partial charge is 0.392 e. The summed E-state index contributed by atoms with van der Waals surface area (Å²) in [6.45, 7) is 0. The number of hydrogen-bond acceptors (Lipinski definition) is 1. The minimum Gasteiger partial charge on any atom is -0.392 e. The standard InChI is InChI=1S/C10H11FO/c11-8-3-1-2-7(6-8)9-4-5-10(9)12/h1-3,6,9-10,12H,4-5H2. The molecule has 0 radical (unpaired) electrons. The fraction of sp³-hybridized carbons (Fsp3) is 0.400. The highest BCUT2D eigenvalue weighted by Crippen LogP contribution is 2.36. The molecule has 0 saturated heterocycles. The molecule has 12 heavy (non-hydrogen) atoms. The Hall–Kier alpha value is -0.890. The maximum Gasteiger partial charge on any atom is 0.123 e. The Morgan fingerprint density at radius 3 is 2.67 bits per heavy atom. The normalized spacial score (nSPS) is 28.2. The van der Waals surface area contributed by atoms with Gasteiger partial charge in [0.05, 0.1) is 6.10 Å². The zero-order valence-electron chi connectivity index (χ0n) is 6.70. The molecule has 1 aromatic carbocycles. The summed E-state index contributed by atoms with van der Waals surface area (Å²) >= 11 is 0. The predicted molar refractivity (Wildman–Crippen MR) is 44.4 cm³/mol. The van der Waals surface area contributed by atoms with Gasteiger partial charge in [-0.1, -0.05) is 12.1 Å². The zero-order chi connectivity index (χ0) is 8.55. The molecule has 0 spiro atoms. The van der Waals surface area contributed by atoms with Gasteiger partial charge < -0.3 is 5.11 Å². The Bertz CT molecular complexity index is 285. The summed E-state index contributed by atoms with van der Waals surface area (Å²) in [7, 11) is 0. The van der Waals surface area contributed by atoms with E-state index in [-0.39, 0.29) is 17.8 Å². The number of rotatable bonds is 1. The molecule has 0 heterocycles. The van der Waals surface area contributed by atoms with Crippen LogP contribution in [0.3, 0.4) is 0 Å². The molecule has 2 rings (SSSR count). The summed E-state index contributed by atoms with van der Waals surface area (Å²) in [6.07, 6.45) is 1.57. The van der Waals surface area contributed by atoms with Gasteiger partial charge in [-0.05, 0) is 30.5 Å². The first-order valence-electron chi connectivity index (χ1n) is 4.21. The van der Waals surface area contributed by atoms with E-state index in [4.69, 9.17) is 0 Å². The maximum absolute atomic E-state index is 12.7. The summed E-state index contributed by atoms with van der Waals surface area (Å²) < 4.78 is 12.7. The molecular formula is C10H11FO. The molecule has 1 aliphatic rings. The molecule has 1 saturated carbocycles. The summed E-state index contributed by atoms with van der Waals surface area (Å²) in [5, 5.41) is 9.33. The lowest BCUT2D eigenvalue weighted by Crippen LogP contribution is -2.28. The van der Waals surface area contributed by atoms with E-state index in [1.807, 2.05) is 6.07 Å². The van der Waals surface area contributed by atoms with Crippen LogP contribution in [-0.4, -0.2) is 11.2 Å². The van der Waals surface area contributed by atoms with Crippen LogP contribution >= 0.6 is 0 Å². The number of halogens is 1. The minimum absolute atomic E-state index is 0.167. The van der Waals surface area contributed by atoms with Gasteiger partial charge >= 0.3 is 0 Å². The van der Waals surface area contributed by atoms with Crippen molar-refractivity contribution in [2.45, 2.75) is 24.9 Å². The van der Waals surface area contributed by atoms with Crippen molar-refractivity contribution in [2.75, 3.05) is 0 Å². The predicted octanol–water partition coefficient (Wildman–Crippen LogP) is 2.06. The summed E-state index contributed by atoms with van der Waals surface area (Å²) in [5.74, 6) is -0.0488. The Morgan fingerprint density at radius 1 is 1.33 bits per heavy atom. The van der Waals surface area contributed by atoms with E-state index in [2.05, 4.69) is 0 Å². The van der Waals surface area contributed by atoms with Crippen LogP contribution in [0.1, 0.15) is 24.3 Å². The molecular weight excluding hydrogens is 155 g/mol. The second kappa shape index (κ2) is 2.87. The van der Waals surface area contributed by atoms with Gasteiger partial charge in [-0.2, -0.15) is 0 Å². The topological polar surface area (TPSA) is 20.2 Å². The van der Waals surface area contributed by atoms with Gasteiger partial charge in [0, 0.05) is 5.92 Å². The van der Waals surface area contributed by atoms with Gasteiger partial charge in [0.25, 0.3) is 0 Å². The number of aliphatic hydroxyl groups is 1. The smallest absolute Gasteiger partial charge is 0.123 e. The molecule has 1 N–H and O–H groups in total. The highest BCUT2D eigenvalue weighted by Gasteiger charge is 2.30. The van der Waals surface area contributed by atoms with Crippen LogP contribution in [0.5, 0.6) is 0 Å². The first-order valence-corrected chi connectivity index (χ1v) is 4.21. The van der Waals surface area contributed by atoms with Crippen LogP contribution in [0.2, 0.25) is 0 Å². The van der Waals surface area contributed by atoms with Gasteiger partial charge in [-0.25, -0.2) is 4.39 Å². The van der Waals surface area contributed by atoms with Crippen LogP contribution in [0.25, 0.3) is 0 Å². The summed E-state index contributed by atoms with van der Waals surface area (Å²) in [6, 6.07) is 6.49. The van der Waals surface area contributed by atoms with Crippen LogP contribution in [-0.2, 0) is 0 Å². The monoisotopic (exact) mass is 166 g/mol. The number of benzene rings is 1. The molecule has 2 unspecified atom stereocenters. The van der Waals surface area contributed by atoms with Crippen LogP contribution in [0.4, 0.5) is 4.39 Å². The molecule has 0 bridgehead atoms. The van der Waals surface area contributed by atoms with E-state index in [1.165, 1.54) is 12.1 Å². The third-order valence-electron chi connectivity index (χ3n) is 2.51. The average Bonchev–Trinajstić information content (AvgIpc) is 2.02. The highest BCUT2D eigenvalue weighted by atomic mass is 19.1. The van der Waals surface area contributed by atoms with E-state index in [0.29, 0.717) is 0 Å². The maximum atomic E-state index is 12.7. The van der Waals surface area contributed by atoms with E-state index < -0.39 is 0 Å². The van der Waals surface area contributed by atoms with Crippen molar-refractivity contribution in [3.05, 3.63) is 35.6 Å². The first kappa shape index (κ1) is 7.74. The van der Waals surface area contributed by atoms with Gasteiger partial charge in [0.1, 0.15) is 5.82 Å². The number of aliphatic hydroxyl groups excluding tert-OH is 1. The van der Waals surface area contributed by atoms with Crippen molar-refractivity contribution >= 4 is 0 Å². The third kappa shape index (κ3) is 1.23. The Morgan fingerprint density at radius 2 is 2.17 bits per heavy atom. The average molecular weight is 166 g/mol. The van der Waals surface area contributed by atoms with E-state index in [1.54, 1.807) is 6.07 Å². The van der Waals surface area contributed by atoms with E-state index in [9.17, 15) is 9.50 Å². The fourth-order valence-corrected chi connectivity index (χ4v) is 1.61. The van der Waals surface area contributed by atoms with Crippen molar-refractivity contribution in [3.8, 4) is 0 Å². The summed E-state index contributed by atoms with van der Waals surface area (Å²) in [4.78, 5) is 0.